The molecule has 0 saturated carbocycles. The maximum absolute atomic E-state index is 16.1. The van der Waals surface area contributed by atoms with Crippen molar-refractivity contribution in [1.29, 1.82) is 0 Å². The van der Waals surface area contributed by atoms with Gasteiger partial charge in [0.25, 0.3) is 0 Å². The quantitative estimate of drug-likeness (QED) is 0.419. The third-order valence-corrected chi connectivity index (χ3v) is 9.70. The normalized spacial score (nSPS) is 26.7. The number of nitrogens with one attached hydrogen (secondary N) is 1. The van der Waals surface area contributed by atoms with Crippen LogP contribution in [0, 0.1) is 16.6 Å². The summed E-state index contributed by atoms with van der Waals surface area (Å²) in [6.45, 7) is 7.23. The molecule has 2 aromatic rings. The first-order valence-corrected chi connectivity index (χ1v) is 15.5. The summed E-state index contributed by atoms with van der Waals surface area (Å²) in [5, 5.41) is 12.5. The van der Waals surface area contributed by atoms with Gasteiger partial charge in [0.1, 0.15) is 17.8 Å². The number of hydrogen-bond donors (Lipinski definition) is 2. The van der Waals surface area contributed by atoms with Gasteiger partial charge in [-0.05, 0) is 41.7 Å². The first-order chi connectivity index (χ1) is 20.9. The number of nitrogens with zero attached hydrogens (tertiary/aromatic N) is 2. The lowest BCUT2D eigenvalue weighted by molar-refractivity contribution is -0.131. The highest BCUT2D eigenvalue weighted by atomic mass is 35.5. The standard InChI is InChI=1S/C33H36Cl2FN3O5/c1-32(2,3)15-27-33(29-22(37-31(33)42)12-18(34)13-24(29)41)28(20-6-5-7-21(35)30(20)36)23-16-38(17-39(23)27)19-8-9-25(44-11-10-40)26(14-19)43-4/h5-9,12,14,23,27-28,40H,10-11,13,15-17H2,1-4H3,(H,37,42)/t23-,27-,28-,33+/m0/s1. The highest BCUT2D eigenvalue weighted by molar-refractivity contribution is 6.33. The van der Waals surface area contributed by atoms with E-state index in [2.05, 4.69) is 35.9 Å². The average Bonchev–Trinajstić information content (AvgIpc) is 3.59. The largest absolute Gasteiger partial charge is 0.493 e. The minimum atomic E-state index is -1.35. The molecule has 2 aromatic carbocycles. The Morgan fingerprint density at radius 1 is 1.16 bits per heavy atom. The second-order valence-corrected chi connectivity index (χ2v) is 13.9. The Hall–Kier alpha value is -3.11. The third-order valence-electron chi connectivity index (χ3n) is 9.17. The number of fused-ring (bicyclic) bond motifs is 2. The van der Waals surface area contributed by atoms with E-state index in [-0.39, 0.29) is 47.8 Å². The van der Waals surface area contributed by atoms with Crippen LogP contribution >= 0.6 is 23.2 Å². The molecule has 1 amide bonds. The van der Waals surface area contributed by atoms with Crippen LogP contribution in [-0.2, 0) is 9.59 Å². The van der Waals surface area contributed by atoms with Crippen LogP contribution in [0.2, 0.25) is 5.02 Å². The van der Waals surface area contributed by atoms with E-state index in [4.69, 9.17) is 32.7 Å². The van der Waals surface area contributed by atoms with Gasteiger partial charge in [-0.15, -0.1) is 0 Å². The second-order valence-electron chi connectivity index (χ2n) is 13.1. The Kier molecular flexibility index (Phi) is 7.97. The molecule has 3 heterocycles. The first kappa shape index (κ1) is 30.9. The summed E-state index contributed by atoms with van der Waals surface area (Å²) < 4.78 is 27.3. The molecular weight excluding hydrogens is 608 g/mol. The molecular formula is C33H36Cl2FN3O5. The predicted octanol–water partition coefficient (Wildman–Crippen LogP) is 5.37. The molecule has 234 valence electrons. The van der Waals surface area contributed by atoms with Crippen molar-refractivity contribution < 1.29 is 28.6 Å². The number of ketones is 1. The number of methoxy groups -OCH3 is 1. The molecule has 3 aliphatic heterocycles. The molecule has 0 radical (unpaired) electrons. The molecule has 4 atom stereocenters. The Labute approximate surface area is 266 Å². The lowest BCUT2D eigenvalue weighted by Crippen LogP contribution is -2.51. The molecule has 1 spiro atoms. The second kappa shape index (κ2) is 11.4. The molecule has 4 aliphatic rings. The van der Waals surface area contributed by atoms with Gasteiger partial charge >= 0.3 is 0 Å². The highest BCUT2D eigenvalue weighted by Crippen LogP contribution is 2.63. The van der Waals surface area contributed by atoms with Crippen LogP contribution in [0.3, 0.4) is 0 Å². The molecule has 0 unspecified atom stereocenters. The summed E-state index contributed by atoms with van der Waals surface area (Å²) in [5.74, 6) is -0.806. The van der Waals surface area contributed by atoms with Gasteiger partial charge in [-0.2, -0.15) is 0 Å². The smallest absolute Gasteiger partial charge is 0.237 e. The van der Waals surface area contributed by atoms with Crippen molar-refractivity contribution in [2.24, 2.45) is 10.8 Å². The van der Waals surface area contributed by atoms with Crippen molar-refractivity contribution in [2.45, 2.75) is 51.6 Å². The van der Waals surface area contributed by atoms with Gasteiger partial charge in [-0.1, -0.05) is 56.1 Å². The fourth-order valence-corrected chi connectivity index (χ4v) is 8.07. The summed E-state index contributed by atoms with van der Waals surface area (Å²) in [6.07, 6.45) is 2.22. The van der Waals surface area contributed by atoms with Crippen LogP contribution in [0.1, 0.15) is 45.1 Å². The van der Waals surface area contributed by atoms with E-state index in [9.17, 15) is 14.7 Å². The zero-order valence-corrected chi connectivity index (χ0v) is 26.6. The van der Waals surface area contributed by atoms with Gasteiger partial charge in [0.2, 0.25) is 5.91 Å². The van der Waals surface area contributed by atoms with Crippen molar-refractivity contribution in [1.82, 2.24) is 10.2 Å². The van der Waals surface area contributed by atoms with Crippen molar-refractivity contribution in [3.05, 3.63) is 75.2 Å². The summed E-state index contributed by atoms with van der Waals surface area (Å²) in [5.41, 5.74) is 0.383. The molecule has 0 bridgehead atoms. The predicted molar refractivity (Wildman–Crippen MR) is 167 cm³/mol. The Balaban J connectivity index is 1.52. The lowest BCUT2D eigenvalue weighted by Gasteiger charge is -2.41. The van der Waals surface area contributed by atoms with E-state index in [1.165, 1.54) is 6.07 Å². The fourth-order valence-electron chi connectivity index (χ4n) is 7.65. The number of aliphatic hydroxyl groups is 1. The molecule has 6 rings (SSSR count). The monoisotopic (exact) mass is 643 g/mol. The minimum absolute atomic E-state index is 0.00856. The molecule has 2 fully saturated rings. The number of benzene rings is 2. The van der Waals surface area contributed by atoms with Crippen LogP contribution < -0.4 is 19.7 Å². The van der Waals surface area contributed by atoms with Crippen molar-refractivity contribution in [2.75, 3.05) is 38.4 Å². The number of hydrogen-bond acceptors (Lipinski definition) is 7. The number of anilines is 1. The van der Waals surface area contributed by atoms with E-state index >= 15 is 4.39 Å². The van der Waals surface area contributed by atoms with Crippen molar-refractivity contribution in [3.8, 4) is 11.5 Å². The number of aliphatic hydroxyl groups excluding tert-OH is 1. The van der Waals surface area contributed by atoms with Gasteiger partial charge in [0.15, 0.2) is 17.3 Å². The van der Waals surface area contributed by atoms with E-state index in [0.29, 0.717) is 53.0 Å². The number of allylic oxidation sites excluding steroid dienone is 2. The molecule has 8 nitrogen and oxygen atoms in total. The van der Waals surface area contributed by atoms with E-state index in [1.54, 1.807) is 31.4 Å². The van der Waals surface area contributed by atoms with Crippen LogP contribution in [-0.4, -0.2) is 67.3 Å². The molecule has 11 heteroatoms. The van der Waals surface area contributed by atoms with E-state index in [0.717, 1.165) is 5.69 Å². The van der Waals surface area contributed by atoms with Crippen molar-refractivity contribution >= 4 is 40.6 Å². The number of amides is 1. The fraction of sp³-hybridized carbons (Fsp3) is 0.455. The zero-order valence-electron chi connectivity index (χ0n) is 25.1. The molecule has 2 N–H and O–H groups in total. The molecule has 0 aromatic heterocycles. The number of ether oxygens (including phenoxy) is 2. The van der Waals surface area contributed by atoms with E-state index in [1.807, 2.05) is 12.1 Å². The number of carbonyl (C=O) groups is 2. The number of rotatable bonds is 7. The number of carbonyl (C=O) groups excluding carboxylic acids is 2. The van der Waals surface area contributed by atoms with E-state index < -0.39 is 23.2 Å². The van der Waals surface area contributed by atoms with Crippen LogP contribution in [0.15, 0.2) is 58.8 Å². The topological polar surface area (TPSA) is 91.3 Å². The maximum Gasteiger partial charge on any atom is 0.237 e. The van der Waals surface area contributed by atoms with Gasteiger partial charge < -0.3 is 24.8 Å². The average molecular weight is 645 g/mol. The summed E-state index contributed by atoms with van der Waals surface area (Å²) in [6, 6.07) is 9.70. The maximum atomic E-state index is 16.1. The van der Waals surface area contributed by atoms with Gasteiger partial charge in [-0.25, -0.2) is 4.39 Å². The third kappa shape index (κ3) is 4.89. The molecule has 2 saturated heterocycles. The highest BCUT2D eigenvalue weighted by Gasteiger charge is 2.71. The number of Topliss-reactive ketones (excluding diaryl/α,β-unsaturated/α-hetero) is 1. The summed E-state index contributed by atoms with van der Waals surface area (Å²) in [7, 11) is 1.56. The zero-order chi connectivity index (χ0) is 31.6. The SMILES string of the molecule is COc1cc(N2C[C@H]3[C@H](c4cccc(Cl)c4F)[C@]4(C(=O)NC5=C4C(=O)CC(Cl)=C5)[C@H](CC(C)(C)C)N3C2)ccc1OCCO. The Bertz CT molecular complexity index is 1590. The Morgan fingerprint density at radius 3 is 2.64 bits per heavy atom. The first-order valence-electron chi connectivity index (χ1n) is 14.7. The summed E-state index contributed by atoms with van der Waals surface area (Å²) >= 11 is 12.7. The van der Waals surface area contributed by atoms with Gasteiger partial charge in [0, 0.05) is 59.0 Å². The van der Waals surface area contributed by atoms with Gasteiger partial charge in [-0.3, -0.25) is 14.5 Å². The number of halogens is 3. The van der Waals surface area contributed by atoms with Crippen LogP contribution in [0.25, 0.3) is 0 Å². The molecule has 44 heavy (non-hydrogen) atoms. The molecule has 1 aliphatic carbocycles. The van der Waals surface area contributed by atoms with Crippen molar-refractivity contribution in [3.63, 3.8) is 0 Å². The Morgan fingerprint density at radius 2 is 1.93 bits per heavy atom. The minimum Gasteiger partial charge on any atom is -0.493 e. The van der Waals surface area contributed by atoms with Gasteiger partial charge in [0.05, 0.1) is 25.4 Å². The van der Waals surface area contributed by atoms with Crippen LogP contribution in [0.5, 0.6) is 11.5 Å². The summed E-state index contributed by atoms with van der Waals surface area (Å²) in [4.78, 5) is 32.7. The van der Waals surface area contributed by atoms with Crippen LogP contribution in [0.4, 0.5) is 10.1 Å². The lowest BCUT2D eigenvalue weighted by atomic mass is 9.60.